The molecule has 1 heterocycles. The van der Waals surface area contributed by atoms with Crippen LogP contribution in [-0.2, 0) is 41.8 Å². The van der Waals surface area contributed by atoms with Gasteiger partial charge in [0.15, 0.2) is 0 Å². The Bertz CT molecular complexity index is 1780. The zero-order valence-electron chi connectivity index (χ0n) is 28.4. The Balaban J connectivity index is 0.00000676. The van der Waals surface area contributed by atoms with Crippen LogP contribution in [0.5, 0.6) is 5.75 Å². The van der Waals surface area contributed by atoms with Crippen LogP contribution in [0.2, 0.25) is 0 Å². The van der Waals surface area contributed by atoms with Gasteiger partial charge in [-0.1, -0.05) is 49.6 Å². The minimum atomic E-state index is -4.50. The summed E-state index contributed by atoms with van der Waals surface area (Å²) in [4.78, 5) is 54.6. The molecule has 268 valence electrons. The number of amides is 2. The number of fused-ring (bicyclic) bond motifs is 1. The fourth-order valence-electron chi connectivity index (χ4n) is 6.49. The number of benzene rings is 2. The number of carboxylic acids is 1. The number of nitrogens with two attached hydrogens (primary N) is 1. The molecule has 1 aliphatic rings. The van der Waals surface area contributed by atoms with Gasteiger partial charge < -0.3 is 41.3 Å². The number of carbonyl (C=O) groups is 3. The van der Waals surface area contributed by atoms with Crippen LogP contribution in [0.15, 0.2) is 54.7 Å². The zero-order chi connectivity index (χ0) is 35.8. The van der Waals surface area contributed by atoms with E-state index in [1.165, 1.54) is 24.3 Å². The van der Waals surface area contributed by atoms with E-state index in [1.807, 2.05) is 24.3 Å². The van der Waals surface area contributed by atoms with Crippen LogP contribution >= 0.6 is 7.37 Å². The molecule has 1 aliphatic carbocycles. The molecule has 3 aromatic rings. The summed E-state index contributed by atoms with van der Waals surface area (Å²) < 4.78 is 40.9. The molecule has 1 fully saturated rings. The second-order valence-corrected chi connectivity index (χ2v) is 17.2. The summed E-state index contributed by atoms with van der Waals surface area (Å²) in [5.74, 6) is -4.50. The Morgan fingerprint density at radius 1 is 1.02 bits per heavy atom. The number of para-hydroxylation sites is 1. The van der Waals surface area contributed by atoms with Gasteiger partial charge in [0.25, 0.3) is 0 Å². The van der Waals surface area contributed by atoms with Crippen molar-refractivity contribution in [1.82, 2.24) is 20.3 Å². The van der Waals surface area contributed by atoms with Crippen LogP contribution in [0.25, 0.3) is 10.9 Å². The molecule has 4 rings (SSSR count). The topological polar surface area (TPSA) is 244 Å². The monoisotopic (exact) mass is 725 g/mol. The Morgan fingerprint density at radius 3 is 2.30 bits per heavy atom. The first kappa shape index (κ1) is 41.3. The molecule has 14 nitrogen and oxygen atoms in total. The number of carbonyl (C=O) groups excluding carboxylic acids is 3. The predicted octanol–water partition coefficient (Wildman–Crippen LogP) is -1.78. The molecule has 2 amide bonds. The maximum absolute atomic E-state index is 14.4. The normalized spacial score (nSPS) is 17.2. The summed E-state index contributed by atoms with van der Waals surface area (Å²) in [7, 11) is -8.34. The number of nitrogens with one attached hydrogen (secondary N) is 4. The number of sulfonamides is 1. The molecule has 4 atom stereocenters. The number of phenols is 1. The summed E-state index contributed by atoms with van der Waals surface area (Å²) in [6.07, 6.45) is 4.33. The third kappa shape index (κ3) is 11.2. The molecule has 50 heavy (non-hydrogen) atoms. The van der Waals surface area contributed by atoms with Crippen LogP contribution in [0, 0.1) is 5.41 Å². The molecule has 8 N–H and O–H groups in total. The third-order valence-corrected chi connectivity index (χ3v) is 12.1. The van der Waals surface area contributed by atoms with Crippen molar-refractivity contribution in [1.29, 1.82) is 0 Å². The SMILES string of the molecule is CS(=O)(=O)N[C@@H](CCCCN)C(=O)NC(Cc1ccc(O)cc1)P(=O)(O)CC1(C(=O)N[C@@H](Cc2c[nH]c3ccccc23)C(=O)[O-])CCCC1.[Li+]. The number of aromatic hydroxyl groups is 1. The summed E-state index contributed by atoms with van der Waals surface area (Å²) in [6, 6.07) is 10.5. The summed E-state index contributed by atoms with van der Waals surface area (Å²) in [6.45, 7) is 0.327. The number of aliphatic carboxylic acids is 1. The number of hydrogen-bond acceptors (Lipinski definition) is 9. The number of phenolic OH excluding ortho intramolecular Hbond substituents is 1. The van der Waals surface area contributed by atoms with Crippen LogP contribution in [-0.4, -0.2) is 78.0 Å². The van der Waals surface area contributed by atoms with E-state index in [1.54, 1.807) is 6.20 Å². The van der Waals surface area contributed by atoms with Crippen molar-refractivity contribution in [2.75, 3.05) is 19.0 Å². The minimum absolute atomic E-state index is 0. The first-order valence-electron chi connectivity index (χ1n) is 16.3. The van der Waals surface area contributed by atoms with Crippen molar-refractivity contribution in [3.05, 3.63) is 65.9 Å². The summed E-state index contributed by atoms with van der Waals surface area (Å²) >= 11 is 0. The predicted molar refractivity (Wildman–Crippen MR) is 183 cm³/mol. The van der Waals surface area contributed by atoms with Crippen LogP contribution in [0.3, 0.4) is 0 Å². The number of H-pyrrole nitrogens is 1. The van der Waals surface area contributed by atoms with Crippen molar-refractivity contribution in [3.8, 4) is 5.75 Å². The third-order valence-electron chi connectivity index (χ3n) is 9.04. The standard InChI is InChI=1S/C33H46N5O9PS.Li/c1-49(46,47)38-27(10-4-7-17-34)30(40)37-29(18-22-11-13-24(39)14-12-22)48(44,45)21-33(15-5-6-16-33)32(43)36-28(31(41)42)19-23-20-35-26-9-3-2-8-25(23)26;/h2-3,8-9,11-14,20,27-29,35,38-39H,4-7,10,15-19,21,34H2,1H3,(H,36,43)(H,37,40)(H,41,42)(H,44,45);/q;+1/p-1/t27-,28-,29?;/m0./s1. The molecule has 0 radical (unpaired) electrons. The van der Waals surface area contributed by atoms with Crippen molar-refractivity contribution < 1.29 is 61.3 Å². The van der Waals surface area contributed by atoms with Crippen molar-refractivity contribution in [3.63, 3.8) is 0 Å². The summed E-state index contributed by atoms with van der Waals surface area (Å²) in [5.41, 5.74) is 6.10. The van der Waals surface area contributed by atoms with E-state index in [9.17, 15) is 42.5 Å². The van der Waals surface area contributed by atoms with Gasteiger partial charge in [-0.3, -0.25) is 14.2 Å². The van der Waals surface area contributed by atoms with Gasteiger partial charge in [-0.2, -0.15) is 0 Å². The molecule has 2 unspecified atom stereocenters. The fraction of sp³-hybridized carbons (Fsp3) is 0.485. The Kier molecular flexibility index (Phi) is 14.7. The second kappa shape index (κ2) is 17.9. The van der Waals surface area contributed by atoms with E-state index in [0.717, 1.165) is 17.2 Å². The second-order valence-electron chi connectivity index (χ2n) is 12.9. The van der Waals surface area contributed by atoms with Gasteiger partial charge in [-0.15, -0.1) is 0 Å². The van der Waals surface area contributed by atoms with Crippen molar-refractivity contribution >= 4 is 46.1 Å². The zero-order valence-corrected chi connectivity index (χ0v) is 30.1. The quantitative estimate of drug-likeness (QED) is 0.0442. The van der Waals surface area contributed by atoms with E-state index in [4.69, 9.17) is 5.73 Å². The smallest absolute Gasteiger partial charge is 0.548 e. The van der Waals surface area contributed by atoms with E-state index < -0.39 is 64.6 Å². The van der Waals surface area contributed by atoms with Crippen LogP contribution in [0.1, 0.15) is 56.1 Å². The number of aromatic nitrogens is 1. The average molecular weight is 726 g/mol. The Hall–Kier alpha value is -3.15. The van der Waals surface area contributed by atoms with Crippen molar-refractivity contribution in [2.45, 2.75) is 75.7 Å². The molecule has 1 aromatic heterocycles. The van der Waals surface area contributed by atoms with Crippen LogP contribution < -0.4 is 45.1 Å². The Morgan fingerprint density at radius 2 is 1.68 bits per heavy atom. The van der Waals surface area contributed by atoms with Gasteiger partial charge in [0, 0.05) is 36.1 Å². The fourth-order valence-corrected chi connectivity index (χ4v) is 9.60. The Labute approximate surface area is 304 Å². The van der Waals surface area contributed by atoms with Gasteiger partial charge >= 0.3 is 18.9 Å². The molecular formula is C33H45LiN5O9PS. The van der Waals surface area contributed by atoms with E-state index in [2.05, 4.69) is 20.3 Å². The number of carboxylic acid groups (broad SMARTS) is 1. The number of rotatable bonds is 18. The van der Waals surface area contributed by atoms with E-state index in [0.29, 0.717) is 43.4 Å². The number of hydrogen-bond donors (Lipinski definition) is 7. The maximum atomic E-state index is 14.4. The number of aromatic amines is 1. The number of unbranched alkanes of at least 4 members (excludes halogenated alkanes) is 1. The van der Waals surface area contributed by atoms with Gasteiger partial charge in [0.1, 0.15) is 17.6 Å². The molecular weight excluding hydrogens is 680 g/mol. The van der Waals surface area contributed by atoms with Gasteiger partial charge in [0.2, 0.25) is 29.2 Å². The molecule has 2 aromatic carbocycles. The average Bonchev–Trinajstić information content (AvgIpc) is 3.68. The first-order chi connectivity index (χ1) is 23.1. The van der Waals surface area contributed by atoms with E-state index in [-0.39, 0.29) is 56.7 Å². The van der Waals surface area contributed by atoms with Gasteiger partial charge in [-0.05, 0) is 61.6 Å². The molecule has 1 saturated carbocycles. The molecule has 0 bridgehead atoms. The minimum Gasteiger partial charge on any atom is -0.548 e. The summed E-state index contributed by atoms with van der Waals surface area (Å²) in [5, 5.41) is 28.0. The molecule has 0 aliphatic heterocycles. The maximum Gasteiger partial charge on any atom is 1.00 e. The largest absolute Gasteiger partial charge is 1.00 e. The molecule has 0 saturated heterocycles. The van der Waals surface area contributed by atoms with Crippen molar-refractivity contribution in [2.24, 2.45) is 11.1 Å². The first-order valence-corrected chi connectivity index (χ1v) is 20.1. The van der Waals surface area contributed by atoms with Gasteiger partial charge in [-0.25, -0.2) is 13.1 Å². The van der Waals surface area contributed by atoms with E-state index >= 15 is 0 Å². The molecule has 0 spiro atoms. The van der Waals surface area contributed by atoms with Crippen LogP contribution in [0.4, 0.5) is 0 Å². The van der Waals surface area contributed by atoms with Gasteiger partial charge in [0.05, 0.1) is 23.7 Å². The molecule has 17 heteroatoms.